The van der Waals surface area contributed by atoms with Crippen LogP contribution in [-0.4, -0.2) is 29.4 Å². The Labute approximate surface area is 126 Å². The van der Waals surface area contributed by atoms with Crippen molar-refractivity contribution in [2.75, 3.05) is 6.54 Å². The lowest BCUT2D eigenvalue weighted by Gasteiger charge is -2.22. The number of hydrogen-bond acceptors (Lipinski definition) is 4. The van der Waals surface area contributed by atoms with Crippen molar-refractivity contribution >= 4 is 6.09 Å². The van der Waals surface area contributed by atoms with Crippen LogP contribution in [0.15, 0.2) is 18.2 Å². The zero-order valence-corrected chi connectivity index (χ0v) is 13.5. The lowest BCUT2D eigenvalue weighted by atomic mass is 10.1. The molecular weight excluding hydrogens is 268 g/mol. The molecule has 1 aromatic rings. The maximum Gasteiger partial charge on any atom is 0.407 e. The normalized spacial score (nSPS) is 12.8. The highest BCUT2D eigenvalue weighted by atomic mass is 16.6. The summed E-state index contributed by atoms with van der Waals surface area (Å²) < 4.78 is 5.19. The van der Waals surface area contributed by atoms with Gasteiger partial charge in [-0.2, -0.15) is 0 Å². The molecule has 1 amide bonds. The predicted octanol–water partition coefficient (Wildman–Crippen LogP) is 2.70. The maximum atomic E-state index is 11.6. The monoisotopic (exact) mass is 294 g/mol. The number of rotatable bonds is 5. The van der Waals surface area contributed by atoms with Gasteiger partial charge < -0.3 is 20.5 Å². The van der Waals surface area contributed by atoms with Gasteiger partial charge in [0.25, 0.3) is 0 Å². The first-order valence-electron chi connectivity index (χ1n) is 7.16. The molecule has 0 spiro atoms. The number of carbonyl (C=O) groups excluding carboxylic acids is 1. The number of phenolic OH excluding ortho intramolecular Hbond substituents is 1. The molecule has 0 bridgehead atoms. The molecule has 1 atom stereocenters. The molecule has 1 unspecified atom stereocenters. The molecule has 0 fully saturated rings. The van der Waals surface area contributed by atoms with E-state index in [2.05, 4.69) is 10.6 Å². The fourth-order valence-electron chi connectivity index (χ4n) is 1.85. The molecule has 118 valence electrons. The molecule has 5 nitrogen and oxygen atoms in total. The fraction of sp³-hybridized carbons (Fsp3) is 0.562. The summed E-state index contributed by atoms with van der Waals surface area (Å²) in [4.78, 5) is 11.6. The summed E-state index contributed by atoms with van der Waals surface area (Å²) in [6.45, 7) is 10.4. The topological polar surface area (TPSA) is 70.6 Å². The van der Waals surface area contributed by atoms with Crippen molar-refractivity contribution in [2.45, 2.75) is 52.8 Å². The number of amides is 1. The Morgan fingerprint density at radius 2 is 2.05 bits per heavy atom. The Morgan fingerprint density at radius 1 is 1.38 bits per heavy atom. The van der Waals surface area contributed by atoms with Gasteiger partial charge in [0, 0.05) is 24.7 Å². The predicted molar refractivity (Wildman–Crippen MR) is 83.4 cm³/mol. The van der Waals surface area contributed by atoms with Gasteiger partial charge in [-0.1, -0.05) is 18.2 Å². The number of aromatic hydroxyl groups is 1. The van der Waals surface area contributed by atoms with E-state index < -0.39 is 11.7 Å². The van der Waals surface area contributed by atoms with Crippen LogP contribution in [-0.2, 0) is 11.3 Å². The van der Waals surface area contributed by atoms with Gasteiger partial charge in [0.05, 0.1) is 0 Å². The molecule has 0 heterocycles. The summed E-state index contributed by atoms with van der Waals surface area (Å²) >= 11 is 0. The van der Waals surface area contributed by atoms with E-state index in [9.17, 15) is 9.90 Å². The third-order valence-electron chi connectivity index (χ3n) is 2.85. The van der Waals surface area contributed by atoms with E-state index in [1.54, 1.807) is 0 Å². The summed E-state index contributed by atoms with van der Waals surface area (Å²) in [5, 5.41) is 15.9. The molecule has 0 aliphatic rings. The third kappa shape index (κ3) is 6.49. The standard InChI is InChI=1S/C16H26N2O3/c1-11-7-6-8-13(14(11)19)10-17-9-12(2)18-15(20)21-16(3,4)5/h6-8,12,17,19H,9-10H2,1-5H3,(H,18,20). The van der Waals surface area contributed by atoms with E-state index in [1.807, 2.05) is 52.8 Å². The van der Waals surface area contributed by atoms with Gasteiger partial charge in [-0.25, -0.2) is 4.79 Å². The molecule has 0 saturated heterocycles. The molecule has 3 N–H and O–H groups in total. The number of para-hydroxylation sites is 1. The van der Waals surface area contributed by atoms with Crippen LogP contribution in [0.1, 0.15) is 38.8 Å². The minimum atomic E-state index is -0.495. The smallest absolute Gasteiger partial charge is 0.407 e. The second-order valence-corrected chi connectivity index (χ2v) is 6.26. The molecule has 1 rings (SSSR count). The van der Waals surface area contributed by atoms with Crippen LogP contribution in [0.25, 0.3) is 0 Å². The number of nitrogens with one attached hydrogen (secondary N) is 2. The van der Waals surface area contributed by atoms with Gasteiger partial charge in [-0.15, -0.1) is 0 Å². The minimum Gasteiger partial charge on any atom is -0.507 e. The van der Waals surface area contributed by atoms with Crippen molar-refractivity contribution in [3.05, 3.63) is 29.3 Å². The van der Waals surface area contributed by atoms with E-state index in [0.717, 1.165) is 11.1 Å². The first-order valence-corrected chi connectivity index (χ1v) is 7.16. The number of benzene rings is 1. The zero-order valence-electron chi connectivity index (χ0n) is 13.5. The molecule has 1 aromatic carbocycles. The summed E-state index contributed by atoms with van der Waals surface area (Å²) in [6, 6.07) is 5.59. The van der Waals surface area contributed by atoms with Crippen molar-refractivity contribution in [3.63, 3.8) is 0 Å². The Kier molecular flexibility index (Phi) is 6.03. The molecule has 5 heteroatoms. The number of hydrogen-bond donors (Lipinski definition) is 3. The zero-order chi connectivity index (χ0) is 16.0. The van der Waals surface area contributed by atoms with E-state index in [0.29, 0.717) is 18.8 Å². The number of carbonyl (C=O) groups is 1. The average molecular weight is 294 g/mol. The van der Waals surface area contributed by atoms with Crippen LogP contribution < -0.4 is 10.6 Å². The van der Waals surface area contributed by atoms with Crippen LogP contribution >= 0.6 is 0 Å². The van der Waals surface area contributed by atoms with Crippen molar-refractivity contribution in [1.82, 2.24) is 10.6 Å². The SMILES string of the molecule is Cc1cccc(CNCC(C)NC(=O)OC(C)(C)C)c1O. The molecule has 0 aliphatic carbocycles. The number of ether oxygens (including phenoxy) is 1. The van der Waals surface area contributed by atoms with E-state index in [1.165, 1.54) is 0 Å². The molecule has 0 aromatic heterocycles. The van der Waals surface area contributed by atoms with Crippen LogP contribution in [0.5, 0.6) is 5.75 Å². The number of phenols is 1. The average Bonchev–Trinajstić information content (AvgIpc) is 2.32. The van der Waals surface area contributed by atoms with E-state index >= 15 is 0 Å². The quantitative estimate of drug-likeness (QED) is 0.781. The van der Waals surface area contributed by atoms with Crippen LogP contribution in [0, 0.1) is 6.92 Å². The van der Waals surface area contributed by atoms with E-state index in [4.69, 9.17) is 4.74 Å². The van der Waals surface area contributed by atoms with Gasteiger partial charge in [-0.3, -0.25) is 0 Å². The highest BCUT2D eigenvalue weighted by molar-refractivity contribution is 5.68. The van der Waals surface area contributed by atoms with Gasteiger partial charge in [-0.05, 0) is 40.2 Å². The largest absolute Gasteiger partial charge is 0.507 e. The Hall–Kier alpha value is -1.75. The number of aryl methyl sites for hydroxylation is 1. The summed E-state index contributed by atoms with van der Waals surface area (Å²) in [6.07, 6.45) is -0.421. The minimum absolute atomic E-state index is 0.0631. The maximum absolute atomic E-state index is 11.6. The third-order valence-corrected chi connectivity index (χ3v) is 2.85. The van der Waals surface area contributed by atoms with Gasteiger partial charge in [0.1, 0.15) is 11.4 Å². The Balaban J connectivity index is 2.35. The van der Waals surface area contributed by atoms with Gasteiger partial charge in [0.15, 0.2) is 0 Å². The molecule has 0 saturated carbocycles. The van der Waals surface area contributed by atoms with Crippen molar-refractivity contribution in [1.29, 1.82) is 0 Å². The lowest BCUT2D eigenvalue weighted by molar-refractivity contribution is 0.0508. The molecule has 0 radical (unpaired) electrons. The van der Waals surface area contributed by atoms with Gasteiger partial charge in [0.2, 0.25) is 0 Å². The van der Waals surface area contributed by atoms with Crippen LogP contribution in [0.2, 0.25) is 0 Å². The molecule has 21 heavy (non-hydrogen) atoms. The van der Waals surface area contributed by atoms with Gasteiger partial charge >= 0.3 is 6.09 Å². The van der Waals surface area contributed by atoms with Crippen molar-refractivity contribution < 1.29 is 14.6 Å². The van der Waals surface area contributed by atoms with Crippen molar-refractivity contribution in [3.8, 4) is 5.75 Å². The second-order valence-electron chi connectivity index (χ2n) is 6.26. The lowest BCUT2D eigenvalue weighted by Crippen LogP contribution is -2.42. The van der Waals surface area contributed by atoms with Crippen LogP contribution in [0.4, 0.5) is 4.79 Å². The summed E-state index contributed by atoms with van der Waals surface area (Å²) in [7, 11) is 0. The highest BCUT2D eigenvalue weighted by Gasteiger charge is 2.17. The summed E-state index contributed by atoms with van der Waals surface area (Å²) in [5.74, 6) is 0.317. The number of alkyl carbamates (subject to hydrolysis) is 1. The molecule has 0 aliphatic heterocycles. The fourth-order valence-corrected chi connectivity index (χ4v) is 1.85. The summed E-state index contributed by atoms with van der Waals surface area (Å²) in [5.41, 5.74) is 1.21. The second kappa shape index (κ2) is 7.31. The Morgan fingerprint density at radius 3 is 2.67 bits per heavy atom. The first kappa shape index (κ1) is 17.3. The Bertz CT molecular complexity index is 481. The molecular formula is C16H26N2O3. The highest BCUT2D eigenvalue weighted by Crippen LogP contribution is 2.20. The van der Waals surface area contributed by atoms with Crippen molar-refractivity contribution in [2.24, 2.45) is 0 Å². The van der Waals surface area contributed by atoms with Crippen LogP contribution in [0.3, 0.4) is 0 Å². The van der Waals surface area contributed by atoms with E-state index in [-0.39, 0.29) is 6.04 Å². The first-order chi connectivity index (χ1) is 9.69.